The third-order valence-electron chi connectivity index (χ3n) is 1.62. The lowest BCUT2D eigenvalue weighted by Crippen LogP contribution is -2.19. The number of nitrogens with one attached hydrogen (secondary N) is 1. The maximum absolute atomic E-state index is 10.6. The third kappa shape index (κ3) is 3.81. The second kappa shape index (κ2) is 5.05. The van der Waals surface area contributed by atoms with Gasteiger partial charge in [0.05, 0.1) is 0 Å². The monoisotopic (exact) mass is 244 g/mol. The number of halogens is 2. The number of nitrogens with two attached hydrogens (primary N) is 1. The first-order chi connectivity index (χ1) is 6.99. The number of hydrogen-bond acceptors (Lipinski definition) is 1. The lowest BCUT2D eigenvalue weighted by molar-refractivity contribution is 0.259. The van der Waals surface area contributed by atoms with Crippen molar-refractivity contribution in [3.05, 3.63) is 33.8 Å². The van der Waals surface area contributed by atoms with Crippen LogP contribution in [0.5, 0.6) is 0 Å². The molecule has 0 bridgehead atoms. The van der Waals surface area contributed by atoms with Gasteiger partial charge in [-0.15, -0.1) is 0 Å². The van der Waals surface area contributed by atoms with Crippen molar-refractivity contribution in [3.63, 3.8) is 0 Å². The summed E-state index contributed by atoms with van der Waals surface area (Å²) in [6.07, 6.45) is 1.70. The molecule has 2 amide bonds. The first-order valence-electron chi connectivity index (χ1n) is 4.19. The van der Waals surface area contributed by atoms with E-state index in [4.69, 9.17) is 28.9 Å². The fraction of sp³-hybridized carbons (Fsp3) is 0.100. The number of carbonyl (C=O) groups excluding carboxylic acids is 1. The van der Waals surface area contributed by atoms with E-state index in [1.807, 2.05) is 0 Å². The highest BCUT2D eigenvalue weighted by molar-refractivity contribution is 6.34. The molecule has 0 atom stereocenters. The van der Waals surface area contributed by atoms with Crippen LogP contribution >= 0.6 is 23.2 Å². The zero-order chi connectivity index (χ0) is 11.4. The van der Waals surface area contributed by atoms with Crippen LogP contribution in [0.25, 0.3) is 6.08 Å². The molecule has 15 heavy (non-hydrogen) atoms. The van der Waals surface area contributed by atoms with Gasteiger partial charge in [-0.3, -0.25) is 0 Å². The van der Waals surface area contributed by atoms with Crippen molar-refractivity contribution < 1.29 is 4.79 Å². The molecule has 0 aliphatic heterocycles. The highest BCUT2D eigenvalue weighted by Gasteiger charge is 2.01. The topological polar surface area (TPSA) is 55.1 Å². The Bertz CT molecular complexity index is 412. The molecule has 1 aromatic rings. The van der Waals surface area contributed by atoms with Crippen molar-refractivity contribution in [3.8, 4) is 0 Å². The van der Waals surface area contributed by atoms with E-state index >= 15 is 0 Å². The first kappa shape index (κ1) is 11.9. The van der Waals surface area contributed by atoms with E-state index in [1.165, 1.54) is 0 Å². The summed E-state index contributed by atoms with van der Waals surface area (Å²) in [5.74, 6) is 0. The maximum atomic E-state index is 10.6. The lowest BCUT2D eigenvalue weighted by Gasteiger charge is -2.04. The Morgan fingerprint density at radius 2 is 2.20 bits per heavy atom. The van der Waals surface area contributed by atoms with Gasteiger partial charge in [0.2, 0.25) is 0 Å². The fourth-order valence-corrected chi connectivity index (χ4v) is 1.38. The molecule has 3 nitrogen and oxygen atoms in total. The van der Waals surface area contributed by atoms with Crippen LogP contribution in [-0.4, -0.2) is 6.03 Å². The van der Waals surface area contributed by atoms with Crippen LogP contribution < -0.4 is 11.1 Å². The van der Waals surface area contributed by atoms with Gasteiger partial charge in [0.15, 0.2) is 0 Å². The van der Waals surface area contributed by atoms with E-state index in [0.717, 1.165) is 5.56 Å². The second-order valence-electron chi connectivity index (χ2n) is 2.96. The van der Waals surface area contributed by atoms with Gasteiger partial charge in [0.25, 0.3) is 0 Å². The zero-order valence-corrected chi connectivity index (χ0v) is 9.56. The van der Waals surface area contributed by atoms with Gasteiger partial charge in [-0.1, -0.05) is 23.2 Å². The average Bonchev–Trinajstić information content (AvgIpc) is 2.09. The van der Waals surface area contributed by atoms with E-state index in [1.54, 1.807) is 31.2 Å². The summed E-state index contributed by atoms with van der Waals surface area (Å²) < 4.78 is 0. The van der Waals surface area contributed by atoms with Gasteiger partial charge in [-0.05, 0) is 36.8 Å². The summed E-state index contributed by atoms with van der Waals surface area (Å²) in [5, 5.41) is 3.62. The lowest BCUT2D eigenvalue weighted by atomic mass is 10.2. The first-order valence-corrected chi connectivity index (χ1v) is 4.94. The summed E-state index contributed by atoms with van der Waals surface area (Å²) in [4.78, 5) is 10.6. The molecule has 0 aliphatic rings. The minimum Gasteiger partial charge on any atom is -0.351 e. The number of anilines is 1. The summed E-state index contributed by atoms with van der Waals surface area (Å²) >= 11 is 11.7. The van der Waals surface area contributed by atoms with E-state index in [9.17, 15) is 4.79 Å². The van der Waals surface area contributed by atoms with Crippen LogP contribution in [0.2, 0.25) is 5.02 Å². The van der Waals surface area contributed by atoms with Crippen LogP contribution in [0.1, 0.15) is 12.5 Å². The quantitative estimate of drug-likeness (QED) is 0.823. The molecule has 0 radical (unpaired) electrons. The van der Waals surface area contributed by atoms with Crippen molar-refractivity contribution in [2.45, 2.75) is 6.92 Å². The van der Waals surface area contributed by atoms with Gasteiger partial charge in [0.1, 0.15) is 0 Å². The molecule has 0 unspecified atom stereocenters. The molecule has 0 saturated carbocycles. The fourth-order valence-electron chi connectivity index (χ4n) is 1.09. The number of benzene rings is 1. The van der Waals surface area contributed by atoms with E-state index in [-0.39, 0.29) is 0 Å². The normalized spacial score (nSPS) is 11.3. The number of primary amides is 1. The Morgan fingerprint density at radius 3 is 2.73 bits per heavy atom. The summed E-state index contributed by atoms with van der Waals surface area (Å²) in [5.41, 5.74) is 6.30. The van der Waals surface area contributed by atoms with E-state index in [0.29, 0.717) is 15.7 Å². The molecule has 5 heteroatoms. The minimum absolute atomic E-state index is 0.560. The Morgan fingerprint density at radius 1 is 1.53 bits per heavy atom. The number of hydrogen-bond donors (Lipinski definition) is 2. The van der Waals surface area contributed by atoms with Gasteiger partial charge in [-0.25, -0.2) is 4.79 Å². The third-order valence-corrected chi connectivity index (χ3v) is 2.07. The molecular formula is C10H10Cl2N2O. The Balaban J connectivity index is 3.05. The van der Waals surface area contributed by atoms with Crippen molar-refractivity contribution >= 4 is 41.0 Å². The van der Waals surface area contributed by atoms with Crippen molar-refractivity contribution in [2.24, 2.45) is 5.73 Å². The molecule has 3 N–H and O–H groups in total. The molecule has 1 aromatic carbocycles. The molecule has 0 saturated heterocycles. The SMILES string of the molecule is C/C(Cl)=C/c1cc(NC(N)=O)ccc1Cl. The van der Waals surface area contributed by atoms with Gasteiger partial charge < -0.3 is 11.1 Å². The largest absolute Gasteiger partial charge is 0.351 e. The van der Waals surface area contributed by atoms with Crippen LogP contribution in [-0.2, 0) is 0 Å². The summed E-state index contributed by atoms with van der Waals surface area (Å²) in [6, 6.07) is 4.40. The van der Waals surface area contributed by atoms with E-state index in [2.05, 4.69) is 5.32 Å². The number of urea groups is 1. The van der Waals surface area contributed by atoms with Crippen molar-refractivity contribution in [2.75, 3.05) is 5.32 Å². The zero-order valence-electron chi connectivity index (χ0n) is 8.05. The number of amides is 2. The van der Waals surface area contributed by atoms with Crippen molar-refractivity contribution in [1.82, 2.24) is 0 Å². The Hall–Kier alpha value is -1.19. The average molecular weight is 245 g/mol. The molecule has 1 rings (SSSR count). The highest BCUT2D eigenvalue weighted by Crippen LogP contribution is 2.23. The van der Waals surface area contributed by atoms with Crippen LogP contribution in [0.4, 0.5) is 10.5 Å². The van der Waals surface area contributed by atoms with Gasteiger partial charge in [-0.2, -0.15) is 0 Å². The molecule has 0 aromatic heterocycles. The molecule has 80 valence electrons. The number of carbonyl (C=O) groups is 1. The Kier molecular flexibility index (Phi) is 4.00. The molecule has 0 heterocycles. The maximum Gasteiger partial charge on any atom is 0.316 e. The van der Waals surface area contributed by atoms with Crippen molar-refractivity contribution in [1.29, 1.82) is 0 Å². The highest BCUT2D eigenvalue weighted by atomic mass is 35.5. The molecule has 0 fully saturated rings. The number of rotatable bonds is 2. The van der Waals surface area contributed by atoms with Gasteiger partial charge in [0, 0.05) is 15.7 Å². The minimum atomic E-state index is -0.616. The smallest absolute Gasteiger partial charge is 0.316 e. The summed E-state index contributed by atoms with van der Waals surface area (Å²) in [6.45, 7) is 1.74. The molecule has 0 spiro atoms. The van der Waals surface area contributed by atoms with Crippen LogP contribution in [0.15, 0.2) is 23.2 Å². The van der Waals surface area contributed by atoms with Crippen LogP contribution in [0, 0.1) is 0 Å². The molecule has 0 aliphatic carbocycles. The number of allylic oxidation sites excluding steroid dienone is 1. The standard InChI is InChI=1S/C10H10Cl2N2O/c1-6(11)4-7-5-8(14-10(13)15)2-3-9(7)12/h2-5H,1H3,(H3,13,14,15)/b6-4-. The predicted molar refractivity (Wildman–Crippen MR) is 64.2 cm³/mol. The predicted octanol–water partition coefficient (Wildman–Crippen LogP) is 3.43. The summed E-state index contributed by atoms with van der Waals surface area (Å²) in [7, 11) is 0. The molecular weight excluding hydrogens is 235 g/mol. The Labute approximate surface area is 97.9 Å². The van der Waals surface area contributed by atoms with Crippen LogP contribution in [0.3, 0.4) is 0 Å². The van der Waals surface area contributed by atoms with E-state index < -0.39 is 6.03 Å². The second-order valence-corrected chi connectivity index (χ2v) is 3.96. The van der Waals surface area contributed by atoms with Gasteiger partial charge >= 0.3 is 6.03 Å².